The molecule has 0 bridgehead atoms. The van der Waals surface area contributed by atoms with Crippen molar-refractivity contribution in [2.75, 3.05) is 19.6 Å². The number of nitrogens with two attached hydrogens (primary N) is 1. The van der Waals surface area contributed by atoms with Crippen LogP contribution in [0.5, 0.6) is 0 Å². The Bertz CT molecular complexity index is 869. The molecule has 1 atom stereocenters. The Labute approximate surface area is 154 Å². The zero-order valence-corrected chi connectivity index (χ0v) is 15.3. The molecule has 1 unspecified atom stereocenters. The van der Waals surface area contributed by atoms with E-state index in [0.717, 1.165) is 12.0 Å². The lowest BCUT2D eigenvalue weighted by molar-refractivity contribution is 0.0787. The van der Waals surface area contributed by atoms with Gasteiger partial charge in [-0.2, -0.15) is 0 Å². The first-order valence-corrected chi connectivity index (χ1v) is 10.1. The van der Waals surface area contributed by atoms with Crippen LogP contribution in [0, 0.1) is 5.92 Å². The fraction of sp³-hybridized carbons (Fsp3) is 0.316. The van der Waals surface area contributed by atoms with Gasteiger partial charge in [-0.1, -0.05) is 36.4 Å². The van der Waals surface area contributed by atoms with Crippen LogP contribution in [0.25, 0.3) is 0 Å². The zero-order chi connectivity index (χ0) is 18.6. The van der Waals surface area contributed by atoms with Gasteiger partial charge in [-0.05, 0) is 42.6 Å². The molecule has 1 aliphatic heterocycles. The standard InChI is InChI=1S/C19H23N3O3S/c20-12-16-9-10-22(14-16)19(23)17-7-4-8-18(11-17)26(24,25)21-13-15-5-2-1-3-6-15/h1-8,11,16,21H,9-10,12-14,20H2. The van der Waals surface area contributed by atoms with Gasteiger partial charge in [-0.25, -0.2) is 13.1 Å². The van der Waals surface area contributed by atoms with E-state index in [1.807, 2.05) is 30.3 Å². The summed E-state index contributed by atoms with van der Waals surface area (Å²) in [5.74, 6) is 0.166. The van der Waals surface area contributed by atoms with Gasteiger partial charge >= 0.3 is 0 Å². The average molecular weight is 373 g/mol. The second-order valence-electron chi connectivity index (χ2n) is 6.48. The summed E-state index contributed by atoms with van der Waals surface area (Å²) in [6, 6.07) is 15.5. The maximum Gasteiger partial charge on any atom is 0.253 e. The van der Waals surface area contributed by atoms with Gasteiger partial charge in [0.2, 0.25) is 10.0 Å². The number of rotatable bonds is 6. The highest BCUT2D eigenvalue weighted by Crippen LogP contribution is 2.19. The highest BCUT2D eigenvalue weighted by Gasteiger charge is 2.26. The summed E-state index contributed by atoms with van der Waals surface area (Å²) in [7, 11) is -3.69. The van der Waals surface area contributed by atoms with Crippen molar-refractivity contribution in [1.29, 1.82) is 0 Å². The number of carbonyl (C=O) groups is 1. The Morgan fingerprint density at radius 3 is 2.62 bits per heavy atom. The minimum atomic E-state index is -3.69. The molecule has 6 nitrogen and oxygen atoms in total. The highest BCUT2D eigenvalue weighted by atomic mass is 32.2. The maximum atomic E-state index is 12.6. The zero-order valence-electron chi connectivity index (χ0n) is 14.5. The van der Waals surface area contributed by atoms with Crippen LogP contribution in [0.4, 0.5) is 0 Å². The summed E-state index contributed by atoms with van der Waals surface area (Å²) in [6.45, 7) is 2.04. The minimum Gasteiger partial charge on any atom is -0.338 e. The number of sulfonamides is 1. The number of hydrogen-bond acceptors (Lipinski definition) is 4. The lowest BCUT2D eigenvalue weighted by atomic mass is 10.1. The van der Waals surface area contributed by atoms with Crippen molar-refractivity contribution < 1.29 is 13.2 Å². The van der Waals surface area contributed by atoms with Crippen LogP contribution >= 0.6 is 0 Å². The average Bonchev–Trinajstić information content (AvgIpc) is 3.16. The van der Waals surface area contributed by atoms with E-state index in [1.165, 1.54) is 12.1 Å². The SMILES string of the molecule is NCC1CCN(C(=O)c2cccc(S(=O)(=O)NCc3ccccc3)c2)C1. The highest BCUT2D eigenvalue weighted by molar-refractivity contribution is 7.89. The Kier molecular flexibility index (Phi) is 5.70. The molecule has 2 aromatic carbocycles. The van der Waals surface area contributed by atoms with Crippen molar-refractivity contribution in [3.63, 3.8) is 0 Å². The lowest BCUT2D eigenvalue weighted by Gasteiger charge is -2.17. The summed E-state index contributed by atoms with van der Waals surface area (Å²) in [5, 5.41) is 0. The van der Waals surface area contributed by atoms with Crippen LogP contribution in [-0.2, 0) is 16.6 Å². The third-order valence-corrected chi connectivity index (χ3v) is 6.01. The maximum absolute atomic E-state index is 12.6. The van der Waals surface area contributed by atoms with Crippen molar-refractivity contribution in [1.82, 2.24) is 9.62 Å². The third kappa shape index (κ3) is 4.30. The third-order valence-electron chi connectivity index (χ3n) is 4.61. The van der Waals surface area contributed by atoms with Gasteiger partial charge in [0, 0.05) is 25.2 Å². The number of carbonyl (C=O) groups excluding carboxylic acids is 1. The predicted molar refractivity (Wildman–Crippen MR) is 100.0 cm³/mol. The molecule has 1 fully saturated rings. The van der Waals surface area contributed by atoms with Gasteiger partial charge in [-0.15, -0.1) is 0 Å². The molecule has 0 radical (unpaired) electrons. The molecule has 1 heterocycles. The van der Waals surface area contributed by atoms with E-state index < -0.39 is 10.0 Å². The van der Waals surface area contributed by atoms with Gasteiger partial charge < -0.3 is 10.6 Å². The normalized spacial score (nSPS) is 17.4. The molecular weight excluding hydrogens is 350 g/mol. The van der Waals surface area contributed by atoms with Crippen LogP contribution in [0.3, 0.4) is 0 Å². The van der Waals surface area contributed by atoms with Crippen molar-refractivity contribution in [2.24, 2.45) is 11.7 Å². The van der Waals surface area contributed by atoms with E-state index in [0.29, 0.717) is 31.1 Å². The Morgan fingerprint density at radius 2 is 1.92 bits per heavy atom. The molecule has 2 aromatic rings. The molecule has 0 aromatic heterocycles. The number of amides is 1. The van der Waals surface area contributed by atoms with Crippen LogP contribution < -0.4 is 10.5 Å². The topological polar surface area (TPSA) is 92.5 Å². The van der Waals surface area contributed by atoms with Crippen molar-refractivity contribution in [3.8, 4) is 0 Å². The molecule has 7 heteroatoms. The van der Waals surface area contributed by atoms with E-state index in [4.69, 9.17) is 5.73 Å². The first-order valence-electron chi connectivity index (χ1n) is 8.62. The number of benzene rings is 2. The largest absolute Gasteiger partial charge is 0.338 e. The Balaban J connectivity index is 1.72. The molecule has 0 spiro atoms. The Morgan fingerprint density at radius 1 is 1.15 bits per heavy atom. The number of likely N-dealkylation sites (tertiary alicyclic amines) is 1. The van der Waals surface area contributed by atoms with Gasteiger partial charge in [0.1, 0.15) is 0 Å². The fourth-order valence-corrected chi connectivity index (χ4v) is 4.11. The summed E-state index contributed by atoms with van der Waals surface area (Å²) >= 11 is 0. The molecule has 26 heavy (non-hydrogen) atoms. The summed E-state index contributed by atoms with van der Waals surface area (Å²) in [4.78, 5) is 14.5. The first kappa shape index (κ1) is 18.6. The second kappa shape index (κ2) is 7.99. The summed E-state index contributed by atoms with van der Waals surface area (Å²) < 4.78 is 27.7. The van der Waals surface area contributed by atoms with E-state index in [2.05, 4.69) is 4.72 Å². The van der Waals surface area contributed by atoms with Crippen molar-refractivity contribution in [3.05, 3.63) is 65.7 Å². The molecular formula is C19H23N3O3S. The first-order chi connectivity index (χ1) is 12.5. The van der Waals surface area contributed by atoms with E-state index in [1.54, 1.807) is 17.0 Å². The molecule has 1 saturated heterocycles. The predicted octanol–water partition coefficient (Wildman–Crippen LogP) is 1.59. The van der Waals surface area contributed by atoms with Crippen molar-refractivity contribution in [2.45, 2.75) is 17.9 Å². The lowest BCUT2D eigenvalue weighted by Crippen LogP contribution is -2.30. The molecule has 138 valence electrons. The van der Waals surface area contributed by atoms with E-state index in [-0.39, 0.29) is 17.3 Å². The van der Waals surface area contributed by atoms with Crippen LogP contribution in [0.1, 0.15) is 22.3 Å². The quantitative estimate of drug-likeness (QED) is 0.804. The van der Waals surface area contributed by atoms with E-state index in [9.17, 15) is 13.2 Å². The Hall–Kier alpha value is -2.22. The number of nitrogens with one attached hydrogen (secondary N) is 1. The molecule has 1 amide bonds. The molecule has 0 aliphatic carbocycles. The molecule has 3 N–H and O–H groups in total. The van der Waals surface area contributed by atoms with Gasteiger partial charge in [0.15, 0.2) is 0 Å². The summed E-state index contributed by atoms with van der Waals surface area (Å²) in [5.41, 5.74) is 6.92. The van der Waals surface area contributed by atoms with Crippen LogP contribution in [-0.4, -0.2) is 38.9 Å². The minimum absolute atomic E-state index is 0.0915. The monoisotopic (exact) mass is 373 g/mol. The van der Waals surface area contributed by atoms with Crippen molar-refractivity contribution >= 4 is 15.9 Å². The van der Waals surface area contributed by atoms with Crippen LogP contribution in [0.15, 0.2) is 59.5 Å². The van der Waals surface area contributed by atoms with Gasteiger partial charge in [-0.3, -0.25) is 4.79 Å². The molecule has 0 saturated carbocycles. The van der Waals surface area contributed by atoms with Crippen LogP contribution in [0.2, 0.25) is 0 Å². The smallest absolute Gasteiger partial charge is 0.253 e. The summed E-state index contributed by atoms with van der Waals surface area (Å²) in [6.07, 6.45) is 0.888. The molecule has 1 aliphatic rings. The molecule has 3 rings (SSSR count). The van der Waals surface area contributed by atoms with Gasteiger partial charge in [0.05, 0.1) is 4.90 Å². The van der Waals surface area contributed by atoms with E-state index >= 15 is 0 Å². The number of nitrogens with zero attached hydrogens (tertiary/aromatic N) is 1. The second-order valence-corrected chi connectivity index (χ2v) is 8.25. The fourth-order valence-electron chi connectivity index (χ4n) is 3.05. The van der Waals surface area contributed by atoms with Gasteiger partial charge in [0.25, 0.3) is 5.91 Å². The number of hydrogen-bond donors (Lipinski definition) is 2.